The third kappa shape index (κ3) is 4.53. The minimum atomic E-state index is -0.607. The maximum atomic E-state index is 12.3. The molecule has 0 aromatic heterocycles. The number of carbonyl (C=O) groups excluding carboxylic acids is 4. The van der Waals surface area contributed by atoms with Gasteiger partial charge in [0.05, 0.1) is 18.3 Å². The van der Waals surface area contributed by atoms with Crippen LogP contribution in [0.15, 0.2) is 24.3 Å². The van der Waals surface area contributed by atoms with Crippen molar-refractivity contribution in [1.29, 1.82) is 0 Å². The van der Waals surface area contributed by atoms with Crippen LogP contribution in [0.1, 0.15) is 37.7 Å². The van der Waals surface area contributed by atoms with Crippen molar-refractivity contribution in [2.45, 2.75) is 39.0 Å². The number of hydrogen-bond donors (Lipinski definition) is 1. The smallest absolute Gasteiger partial charge is 0.308 e. The summed E-state index contributed by atoms with van der Waals surface area (Å²) < 4.78 is 4.95. The molecule has 1 aromatic carbocycles. The molecule has 0 bridgehead atoms. The third-order valence-corrected chi connectivity index (χ3v) is 5.17. The monoisotopic (exact) mass is 372 g/mol. The number of benzene rings is 1. The number of nitrogens with one attached hydrogen (secondary N) is 1. The van der Waals surface area contributed by atoms with Crippen molar-refractivity contribution in [2.24, 2.45) is 11.8 Å². The van der Waals surface area contributed by atoms with Gasteiger partial charge in [0.25, 0.3) is 5.91 Å². The highest BCUT2D eigenvalue weighted by Crippen LogP contribution is 2.37. The van der Waals surface area contributed by atoms with E-state index in [-0.39, 0.29) is 36.6 Å². The van der Waals surface area contributed by atoms with Gasteiger partial charge in [0.15, 0.2) is 6.61 Å². The highest BCUT2D eigenvalue weighted by molar-refractivity contribution is 6.05. The summed E-state index contributed by atoms with van der Waals surface area (Å²) >= 11 is 0. The Balaban J connectivity index is 1.42. The van der Waals surface area contributed by atoms with E-state index < -0.39 is 18.5 Å². The van der Waals surface area contributed by atoms with Gasteiger partial charge in [-0.3, -0.25) is 24.1 Å². The lowest BCUT2D eigenvalue weighted by Crippen LogP contribution is -2.33. The second kappa shape index (κ2) is 8.33. The maximum Gasteiger partial charge on any atom is 0.308 e. The molecule has 3 amide bonds. The van der Waals surface area contributed by atoms with Gasteiger partial charge in [0, 0.05) is 12.2 Å². The van der Waals surface area contributed by atoms with Crippen LogP contribution in [0.25, 0.3) is 0 Å². The van der Waals surface area contributed by atoms with Crippen molar-refractivity contribution in [1.82, 2.24) is 4.90 Å². The summed E-state index contributed by atoms with van der Waals surface area (Å²) in [5.41, 5.74) is 1.70. The number of carbonyl (C=O) groups is 4. The molecule has 1 saturated carbocycles. The molecule has 1 N–H and O–H groups in total. The van der Waals surface area contributed by atoms with E-state index in [0.717, 1.165) is 31.2 Å². The zero-order valence-corrected chi connectivity index (χ0v) is 15.4. The Morgan fingerprint density at radius 2 is 1.67 bits per heavy atom. The van der Waals surface area contributed by atoms with E-state index in [9.17, 15) is 19.2 Å². The summed E-state index contributed by atoms with van der Waals surface area (Å²) in [5, 5.41) is 2.63. The number of imide groups is 1. The summed E-state index contributed by atoms with van der Waals surface area (Å²) in [6, 6.07) is 7.25. The normalized spacial score (nSPS) is 21.7. The molecule has 2 aliphatic rings. The Hall–Kier alpha value is -2.70. The Kier molecular flexibility index (Phi) is 5.88. The minimum absolute atomic E-state index is 0.0169. The quantitative estimate of drug-likeness (QED) is 0.609. The number of ether oxygens (including phenoxy) is 1. The molecular formula is C20H24N2O5. The van der Waals surface area contributed by atoms with E-state index in [4.69, 9.17) is 4.74 Å². The number of fused-ring (bicyclic) bond motifs is 1. The molecule has 3 rings (SSSR count). The zero-order valence-electron chi connectivity index (χ0n) is 15.4. The fourth-order valence-corrected chi connectivity index (χ4v) is 3.71. The molecule has 7 heteroatoms. The van der Waals surface area contributed by atoms with Crippen LogP contribution in [0, 0.1) is 18.8 Å². The molecule has 0 unspecified atom stereocenters. The molecule has 1 aromatic rings. The number of esters is 1. The number of amides is 3. The Morgan fingerprint density at radius 3 is 2.26 bits per heavy atom. The molecule has 1 heterocycles. The van der Waals surface area contributed by atoms with Crippen molar-refractivity contribution < 1.29 is 23.9 Å². The molecule has 0 spiro atoms. The second-order valence-electron chi connectivity index (χ2n) is 7.15. The molecule has 144 valence electrons. The van der Waals surface area contributed by atoms with Crippen molar-refractivity contribution in [3.63, 3.8) is 0 Å². The van der Waals surface area contributed by atoms with Gasteiger partial charge in [-0.2, -0.15) is 0 Å². The van der Waals surface area contributed by atoms with Crippen LogP contribution in [-0.2, 0) is 23.9 Å². The molecule has 1 saturated heterocycles. The van der Waals surface area contributed by atoms with Crippen LogP contribution in [-0.4, -0.2) is 41.7 Å². The average molecular weight is 372 g/mol. The predicted molar refractivity (Wildman–Crippen MR) is 97.6 cm³/mol. The molecular weight excluding hydrogens is 348 g/mol. The van der Waals surface area contributed by atoms with Crippen LogP contribution >= 0.6 is 0 Å². The van der Waals surface area contributed by atoms with Gasteiger partial charge in [-0.05, 0) is 31.9 Å². The number of likely N-dealkylation sites (tertiary alicyclic amines) is 1. The summed E-state index contributed by atoms with van der Waals surface area (Å²) in [7, 11) is 0. The van der Waals surface area contributed by atoms with Gasteiger partial charge in [-0.1, -0.05) is 30.5 Å². The number of rotatable bonds is 6. The first kappa shape index (κ1) is 19.1. The summed E-state index contributed by atoms with van der Waals surface area (Å²) in [4.78, 5) is 49.6. The first-order valence-corrected chi connectivity index (χ1v) is 9.33. The second-order valence-corrected chi connectivity index (χ2v) is 7.15. The van der Waals surface area contributed by atoms with E-state index >= 15 is 0 Å². The first-order chi connectivity index (χ1) is 13.0. The highest BCUT2D eigenvalue weighted by atomic mass is 16.5. The predicted octanol–water partition coefficient (Wildman–Crippen LogP) is 2.04. The van der Waals surface area contributed by atoms with Gasteiger partial charge >= 0.3 is 5.97 Å². The first-order valence-electron chi connectivity index (χ1n) is 9.33. The van der Waals surface area contributed by atoms with Crippen LogP contribution < -0.4 is 5.32 Å². The maximum absolute atomic E-state index is 12.3. The molecule has 2 atom stereocenters. The Bertz CT molecular complexity index is 719. The molecule has 1 aliphatic heterocycles. The number of aryl methyl sites for hydroxylation is 1. The minimum Gasteiger partial charge on any atom is -0.456 e. The number of anilines is 1. The molecule has 7 nitrogen and oxygen atoms in total. The zero-order chi connectivity index (χ0) is 19.4. The molecule has 27 heavy (non-hydrogen) atoms. The highest BCUT2D eigenvalue weighted by Gasteiger charge is 2.47. The van der Waals surface area contributed by atoms with Crippen LogP contribution in [0.4, 0.5) is 5.69 Å². The van der Waals surface area contributed by atoms with Gasteiger partial charge in [-0.25, -0.2) is 0 Å². The van der Waals surface area contributed by atoms with Crippen LogP contribution in [0.5, 0.6) is 0 Å². The fraction of sp³-hybridized carbons (Fsp3) is 0.500. The average Bonchev–Trinajstić information content (AvgIpc) is 2.91. The van der Waals surface area contributed by atoms with Crippen LogP contribution in [0.3, 0.4) is 0 Å². The van der Waals surface area contributed by atoms with Crippen molar-refractivity contribution in [3.05, 3.63) is 29.8 Å². The van der Waals surface area contributed by atoms with E-state index in [1.54, 1.807) is 12.1 Å². The lowest BCUT2D eigenvalue weighted by atomic mass is 9.81. The summed E-state index contributed by atoms with van der Waals surface area (Å²) in [6.07, 6.45) is 3.32. The van der Waals surface area contributed by atoms with E-state index in [1.807, 2.05) is 19.1 Å². The lowest BCUT2D eigenvalue weighted by Gasteiger charge is -2.19. The largest absolute Gasteiger partial charge is 0.456 e. The molecule has 0 radical (unpaired) electrons. The van der Waals surface area contributed by atoms with Crippen molar-refractivity contribution in [2.75, 3.05) is 18.5 Å². The number of nitrogens with zero attached hydrogens (tertiary/aromatic N) is 1. The van der Waals surface area contributed by atoms with E-state index in [2.05, 4.69) is 5.32 Å². The van der Waals surface area contributed by atoms with E-state index in [1.165, 1.54) is 4.90 Å². The Labute approximate surface area is 158 Å². The van der Waals surface area contributed by atoms with Crippen LogP contribution in [0.2, 0.25) is 0 Å². The summed E-state index contributed by atoms with van der Waals surface area (Å²) in [5.74, 6) is -1.83. The van der Waals surface area contributed by atoms with Gasteiger partial charge < -0.3 is 10.1 Å². The lowest BCUT2D eigenvalue weighted by molar-refractivity contribution is -0.148. The Morgan fingerprint density at radius 1 is 1.07 bits per heavy atom. The van der Waals surface area contributed by atoms with Crippen molar-refractivity contribution in [3.8, 4) is 0 Å². The van der Waals surface area contributed by atoms with Gasteiger partial charge in [0.2, 0.25) is 11.8 Å². The summed E-state index contributed by atoms with van der Waals surface area (Å²) in [6.45, 7) is 1.56. The van der Waals surface area contributed by atoms with Gasteiger partial charge in [0.1, 0.15) is 0 Å². The van der Waals surface area contributed by atoms with E-state index in [0.29, 0.717) is 5.69 Å². The molecule has 1 aliphatic carbocycles. The third-order valence-electron chi connectivity index (χ3n) is 5.17. The van der Waals surface area contributed by atoms with Gasteiger partial charge in [-0.15, -0.1) is 0 Å². The number of hydrogen-bond acceptors (Lipinski definition) is 5. The molecule has 2 fully saturated rings. The SMILES string of the molecule is Cc1ccc(NC(=O)COC(=O)CCN2C(=O)[C@H]3CCCC[C@@H]3C2=O)cc1. The standard InChI is InChI=1S/C20H24N2O5/c1-13-6-8-14(9-7-13)21-17(23)12-27-18(24)10-11-22-19(25)15-4-2-3-5-16(15)20(22)26/h6-9,15-16H,2-5,10-12H2,1H3,(H,21,23)/t15-,16-/m0/s1. The fourth-order valence-electron chi connectivity index (χ4n) is 3.71. The van der Waals surface area contributed by atoms with Crippen molar-refractivity contribution >= 4 is 29.4 Å². The topological polar surface area (TPSA) is 92.8 Å².